The van der Waals surface area contributed by atoms with Crippen molar-refractivity contribution in [3.63, 3.8) is 0 Å². The minimum Gasteiger partial charge on any atom is -0.497 e. The quantitative estimate of drug-likeness (QED) is 0.680. The van der Waals surface area contributed by atoms with E-state index in [9.17, 15) is 9.59 Å². The third-order valence-electron chi connectivity index (χ3n) is 4.05. The van der Waals surface area contributed by atoms with Crippen LogP contribution in [0, 0.1) is 0 Å². The average molecular weight is 429 g/mol. The molecule has 8 nitrogen and oxygen atoms in total. The van der Waals surface area contributed by atoms with Crippen LogP contribution in [0.5, 0.6) is 17.2 Å². The van der Waals surface area contributed by atoms with Crippen molar-refractivity contribution in [2.24, 2.45) is 5.10 Å². The van der Waals surface area contributed by atoms with Crippen molar-refractivity contribution >= 4 is 28.7 Å². The fourth-order valence-corrected chi connectivity index (χ4v) is 3.87. The van der Waals surface area contributed by atoms with E-state index in [1.165, 1.54) is 30.6 Å². The number of hydrogen-bond donors (Lipinski definition) is 1. The van der Waals surface area contributed by atoms with Gasteiger partial charge >= 0.3 is 0 Å². The van der Waals surface area contributed by atoms with E-state index < -0.39 is 0 Å². The molecule has 0 spiro atoms. The van der Waals surface area contributed by atoms with Crippen LogP contribution >= 0.6 is 11.8 Å². The molecule has 0 aliphatic carbocycles. The van der Waals surface area contributed by atoms with Gasteiger partial charge in [-0.2, -0.15) is 0 Å². The molecule has 1 heterocycles. The van der Waals surface area contributed by atoms with Crippen molar-refractivity contribution in [2.45, 2.75) is 19.2 Å². The van der Waals surface area contributed by atoms with Crippen molar-refractivity contribution in [1.82, 2.24) is 10.3 Å². The van der Waals surface area contributed by atoms with Crippen LogP contribution in [0.15, 0.2) is 53.6 Å². The number of nitrogens with one attached hydrogen (secondary N) is 1. The first-order valence-corrected chi connectivity index (χ1v) is 10.2. The lowest BCUT2D eigenvalue weighted by molar-refractivity contribution is -0.129. The summed E-state index contributed by atoms with van der Waals surface area (Å²) in [4.78, 5) is 23.3. The molecule has 30 heavy (non-hydrogen) atoms. The van der Waals surface area contributed by atoms with Gasteiger partial charge in [0, 0.05) is 19.9 Å². The number of hydrazone groups is 1. The summed E-state index contributed by atoms with van der Waals surface area (Å²) in [5, 5.41) is 8.19. The van der Waals surface area contributed by atoms with Crippen LogP contribution in [-0.2, 0) is 9.59 Å². The van der Waals surface area contributed by atoms with Crippen molar-refractivity contribution in [1.29, 1.82) is 0 Å². The predicted octanol–water partition coefficient (Wildman–Crippen LogP) is 3.15. The van der Waals surface area contributed by atoms with Gasteiger partial charge < -0.3 is 19.5 Å². The molecule has 0 radical (unpaired) electrons. The van der Waals surface area contributed by atoms with E-state index in [1.807, 2.05) is 42.5 Å². The number of nitrogens with zero attached hydrogens (tertiary/aromatic N) is 2. The van der Waals surface area contributed by atoms with Crippen molar-refractivity contribution in [3.05, 3.63) is 54.1 Å². The molecule has 0 bridgehead atoms. The number of amidine groups is 1. The summed E-state index contributed by atoms with van der Waals surface area (Å²) in [5.74, 6) is 1.63. The highest BCUT2D eigenvalue weighted by Crippen LogP contribution is 2.39. The Morgan fingerprint density at radius 1 is 1.03 bits per heavy atom. The molecular formula is C21H23N3O5S. The fraction of sp³-hybridized carbons (Fsp3) is 0.286. The maximum atomic E-state index is 12.0. The number of amides is 2. The summed E-state index contributed by atoms with van der Waals surface area (Å²) in [7, 11) is 1.61. The highest BCUT2D eigenvalue weighted by molar-refractivity contribution is 8.14. The molecule has 0 aromatic heterocycles. The highest BCUT2D eigenvalue weighted by Gasteiger charge is 2.32. The SMILES string of the molecule is COc1cccc(OCCOc2cccc([C@@H]3SC(NC(C)=O)=NN3C(C)=O)c2)c1. The summed E-state index contributed by atoms with van der Waals surface area (Å²) in [6, 6.07) is 14.8. The third-order valence-corrected chi connectivity index (χ3v) is 5.16. The Labute approximate surface area is 179 Å². The Morgan fingerprint density at radius 3 is 2.30 bits per heavy atom. The van der Waals surface area contributed by atoms with Gasteiger partial charge in [-0.1, -0.05) is 30.0 Å². The molecule has 0 unspecified atom stereocenters. The van der Waals surface area contributed by atoms with Crippen LogP contribution in [-0.4, -0.2) is 42.3 Å². The Kier molecular flexibility index (Phi) is 7.18. The lowest BCUT2D eigenvalue weighted by Gasteiger charge is -2.19. The normalized spacial score (nSPS) is 15.4. The van der Waals surface area contributed by atoms with Crippen molar-refractivity contribution < 1.29 is 23.8 Å². The zero-order chi connectivity index (χ0) is 21.5. The Hall–Kier alpha value is -3.20. The number of hydrogen-bond acceptors (Lipinski definition) is 7. The van der Waals surface area contributed by atoms with Gasteiger partial charge in [0.2, 0.25) is 11.8 Å². The number of rotatable bonds is 7. The molecule has 3 rings (SSSR count). The molecule has 0 saturated heterocycles. The molecule has 1 aliphatic rings. The summed E-state index contributed by atoms with van der Waals surface area (Å²) in [6.07, 6.45) is 0. The van der Waals surface area contributed by atoms with Crippen LogP contribution in [0.3, 0.4) is 0 Å². The minimum atomic E-state index is -0.374. The third kappa shape index (κ3) is 5.66. The van der Waals surface area contributed by atoms with Crippen molar-refractivity contribution in [3.8, 4) is 17.2 Å². The molecule has 2 amide bonds. The summed E-state index contributed by atoms with van der Waals surface area (Å²) < 4.78 is 16.6. The van der Waals surface area contributed by atoms with Crippen LogP contribution in [0.2, 0.25) is 0 Å². The topological polar surface area (TPSA) is 89.5 Å². The molecule has 2 aromatic carbocycles. The zero-order valence-corrected chi connectivity index (χ0v) is 17.8. The standard InChI is InChI=1S/C21H23N3O5S/c1-14(25)22-21-23-24(15(2)26)20(30-21)16-6-4-8-18(12-16)28-10-11-29-19-9-5-7-17(13-19)27-3/h4-9,12-13,20H,10-11H2,1-3H3,(H,22,23,25)/t20-/m0/s1. The van der Waals surface area contributed by atoms with E-state index in [1.54, 1.807) is 13.2 Å². The van der Waals surface area contributed by atoms with Gasteiger partial charge in [-0.25, -0.2) is 5.01 Å². The predicted molar refractivity (Wildman–Crippen MR) is 115 cm³/mol. The average Bonchev–Trinajstić information content (AvgIpc) is 3.15. The first kappa shape index (κ1) is 21.5. The summed E-state index contributed by atoms with van der Waals surface area (Å²) in [5.41, 5.74) is 0.838. The fourth-order valence-electron chi connectivity index (χ4n) is 2.75. The van der Waals surface area contributed by atoms with E-state index in [0.29, 0.717) is 29.9 Å². The minimum absolute atomic E-state index is 0.217. The molecular weight excluding hydrogens is 406 g/mol. The van der Waals surface area contributed by atoms with Gasteiger partial charge in [0.05, 0.1) is 7.11 Å². The van der Waals surface area contributed by atoms with Crippen LogP contribution in [0.25, 0.3) is 0 Å². The number of ether oxygens (including phenoxy) is 3. The van der Waals surface area contributed by atoms with E-state index in [-0.39, 0.29) is 17.2 Å². The first-order chi connectivity index (χ1) is 14.5. The van der Waals surface area contributed by atoms with Crippen LogP contribution < -0.4 is 19.5 Å². The van der Waals surface area contributed by atoms with Gasteiger partial charge in [-0.3, -0.25) is 9.59 Å². The van der Waals surface area contributed by atoms with E-state index in [2.05, 4.69) is 10.4 Å². The number of methoxy groups -OCH3 is 1. The zero-order valence-electron chi connectivity index (χ0n) is 17.0. The van der Waals surface area contributed by atoms with Gasteiger partial charge in [0.1, 0.15) is 35.8 Å². The molecule has 1 N–H and O–H groups in total. The maximum absolute atomic E-state index is 12.0. The van der Waals surface area contributed by atoms with E-state index in [0.717, 1.165) is 11.3 Å². The first-order valence-electron chi connectivity index (χ1n) is 9.28. The monoisotopic (exact) mass is 429 g/mol. The summed E-state index contributed by atoms with van der Waals surface area (Å²) >= 11 is 1.30. The Morgan fingerprint density at radius 2 is 1.67 bits per heavy atom. The van der Waals surface area contributed by atoms with Gasteiger partial charge in [-0.15, -0.1) is 5.10 Å². The number of carbonyl (C=O) groups is 2. The van der Waals surface area contributed by atoms with E-state index in [4.69, 9.17) is 14.2 Å². The van der Waals surface area contributed by atoms with Gasteiger partial charge in [0.25, 0.3) is 0 Å². The summed E-state index contributed by atoms with van der Waals surface area (Å²) in [6.45, 7) is 3.55. The maximum Gasteiger partial charge on any atom is 0.241 e. The number of carbonyl (C=O) groups excluding carboxylic acids is 2. The van der Waals surface area contributed by atoms with Gasteiger partial charge in [0.15, 0.2) is 5.17 Å². The lowest BCUT2D eigenvalue weighted by atomic mass is 10.2. The Balaban J connectivity index is 1.59. The second kappa shape index (κ2) is 10.0. The number of thioether (sulfide) groups is 1. The smallest absolute Gasteiger partial charge is 0.241 e. The lowest BCUT2D eigenvalue weighted by Crippen LogP contribution is -2.25. The van der Waals surface area contributed by atoms with Crippen LogP contribution in [0.1, 0.15) is 24.8 Å². The molecule has 1 atom stereocenters. The molecule has 9 heteroatoms. The molecule has 0 saturated carbocycles. The molecule has 158 valence electrons. The van der Waals surface area contributed by atoms with Crippen molar-refractivity contribution in [2.75, 3.05) is 20.3 Å². The molecule has 0 fully saturated rings. The molecule has 1 aliphatic heterocycles. The number of benzene rings is 2. The highest BCUT2D eigenvalue weighted by atomic mass is 32.2. The Bertz CT molecular complexity index is 950. The largest absolute Gasteiger partial charge is 0.497 e. The molecule has 2 aromatic rings. The second-order valence-electron chi connectivity index (χ2n) is 6.37. The van der Waals surface area contributed by atoms with Gasteiger partial charge in [-0.05, 0) is 29.8 Å². The second-order valence-corrected chi connectivity index (χ2v) is 7.44. The van der Waals surface area contributed by atoms with E-state index >= 15 is 0 Å². The van der Waals surface area contributed by atoms with Crippen LogP contribution in [0.4, 0.5) is 0 Å².